The molecule has 0 aliphatic rings. The molecule has 28 heavy (non-hydrogen) atoms. The van der Waals surface area contributed by atoms with Gasteiger partial charge in [-0.05, 0) is 39.0 Å². The van der Waals surface area contributed by atoms with E-state index in [4.69, 9.17) is 17.3 Å². The molecular weight excluding hydrogens is 376 g/mol. The van der Waals surface area contributed by atoms with Crippen molar-refractivity contribution in [3.05, 3.63) is 75.1 Å². The fourth-order valence-corrected chi connectivity index (χ4v) is 3.60. The van der Waals surface area contributed by atoms with E-state index in [9.17, 15) is 4.79 Å². The normalized spacial score (nSPS) is 12.4. The van der Waals surface area contributed by atoms with Crippen molar-refractivity contribution < 1.29 is 0 Å². The summed E-state index contributed by atoms with van der Waals surface area (Å²) in [6.07, 6.45) is 1.41. The Hall–Kier alpha value is -3.19. The molecule has 0 spiro atoms. The van der Waals surface area contributed by atoms with Gasteiger partial charge in [0, 0.05) is 11.3 Å². The minimum atomic E-state index is -0.323. The number of fused-ring (bicyclic) bond motifs is 1. The number of nitrogens with two attached hydrogens (primary N) is 1. The second-order valence-corrected chi connectivity index (χ2v) is 7.09. The van der Waals surface area contributed by atoms with Gasteiger partial charge in [0.1, 0.15) is 12.1 Å². The highest BCUT2D eigenvalue weighted by molar-refractivity contribution is 6.31. The summed E-state index contributed by atoms with van der Waals surface area (Å²) in [7, 11) is 0. The second kappa shape index (κ2) is 6.76. The van der Waals surface area contributed by atoms with E-state index in [0.717, 1.165) is 11.4 Å². The number of aryl methyl sites for hydroxylation is 1. The van der Waals surface area contributed by atoms with Crippen molar-refractivity contribution in [2.24, 2.45) is 0 Å². The monoisotopic (exact) mass is 394 g/mol. The van der Waals surface area contributed by atoms with Crippen LogP contribution in [-0.2, 0) is 0 Å². The van der Waals surface area contributed by atoms with Crippen molar-refractivity contribution in [3.8, 4) is 5.69 Å². The molecule has 8 heteroatoms. The molecule has 4 rings (SSSR count). The molecule has 1 atom stereocenters. The molecule has 4 aromatic rings. The third kappa shape index (κ3) is 2.75. The minimum absolute atomic E-state index is 0.164. The molecule has 0 aliphatic carbocycles. The standard InChI is InChI=1S/C20H19ClN6O/c1-11-15(21)9-16(26(20(11)28)14-7-5-4-6-8-14)13(3)27-19-17(12(2)25-27)18(22)23-10-24-19/h4-10,13H,1-3H3,(H2,22,23,24). The first-order chi connectivity index (χ1) is 13.4. The zero-order valence-corrected chi connectivity index (χ0v) is 16.5. The van der Waals surface area contributed by atoms with Crippen LogP contribution in [0.15, 0.2) is 47.5 Å². The van der Waals surface area contributed by atoms with Crippen LogP contribution in [0.25, 0.3) is 16.7 Å². The maximum Gasteiger partial charge on any atom is 0.259 e. The van der Waals surface area contributed by atoms with E-state index in [1.807, 2.05) is 50.2 Å². The molecular formula is C20H19ClN6O. The number of nitrogens with zero attached hydrogens (tertiary/aromatic N) is 5. The minimum Gasteiger partial charge on any atom is -0.383 e. The summed E-state index contributed by atoms with van der Waals surface area (Å²) in [5.74, 6) is 0.378. The van der Waals surface area contributed by atoms with Crippen molar-refractivity contribution in [2.75, 3.05) is 5.73 Å². The Bertz CT molecular complexity index is 1250. The number of aromatic nitrogens is 5. The van der Waals surface area contributed by atoms with Gasteiger partial charge in [0.15, 0.2) is 5.65 Å². The number of rotatable bonds is 3. The SMILES string of the molecule is Cc1c(Cl)cc(C(C)n2nc(C)c3c(N)ncnc32)n(-c2ccccc2)c1=O. The summed E-state index contributed by atoms with van der Waals surface area (Å²) < 4.78 is 3.42. The number of pyridine rings is 1. The van der Waals surface area contributed by atoms with Gasteiger partial charge in [0.2, 0.25) is 0 Å². The Balaban J connectivity index is 2.00. The maximum atomic E-state index is 13.1. The van der Waals surface area contributed by atoms with E-state index in [-0.39, 0.29) is 11.6 Å². The average molecular weight is 395 g/mol. The zero-order valence-electron chi connectivity index (χ0n) is 15.7. The van der Waals surface area contributed by atoms with E-state index in [1.165, 1.54) is 6.33 Å². The van der Waals surface area contributed by atoms with Crippen LogP contribution in [0.4, 0.5) is 5.82 Å². The largest absolute Gasteiger partial charge is 0.383 e. The molecule has 3 aromatic heterocycles. The number of nitrogen functional groups attached to an aromatic ring is 1. The molecule has 1 unspecified atom stereocenters. The van der Waals surface area contributed by atoms with Crippen molar-refractivity contribution in [3.63, 3.8) is 0 Å². The van der Waals surface area contributed by atoms with Crippen LogP contribution in [0.3, 0.4) is 0 Å². The molecule has 0 aliphatic heterocycles. The number of halogens is 1. The summed E-state index contributed by atoms with van der Waals surface area (Å²) in [5, 5.41) is 5.75. The predicted molar refractivity (Wildman–Crippen MR) is 110 cm³/mol. The molecule has 1 aromatic carbocycles. The Morgan fingerprint density at radius 1 is 1.14 bits per heavy atom. The Morgan fingerprint density at radius 3 is 2.57 bits per heavy atom. The molecule has 0 saturated heterocycles. The molecule has 0 fully saturated rings. The summed E-state index contributed by atoms with van der Waals surface area (Å²) in [6, 6.07) is 10.9. The van der Waals surface area contributed by atoms with E-state index in [0.29, 0.717) is 33.1 Å². The molecule has 142 valence electrons. The van der Waals surface area contributed by atoms with Crippen LogP contribution in [0.1, 0.15) is 29.9 Å². The van der Waals surface area contributed by atoms with Crippen LogP contribution in [-0.4, -0.2) is 24.3 Å². The quantitative estimate of drug-likeness (QED) is 0.574. The first kappa shape index (κ1) is 18.2. The lowest BCUT2D eigenvalue weighted by atomic mass is 10.1. The maximum absolute atomic E-state index is 13.1. The predicted octanol–water partition coefficient (Wildman–Crippen LogP) is 3.44. The highest BCUT2D eigenvalue weighted by Gasteiger charge is 2.22. The fraction of sp³-hybridized carbons (Fsp3) is 0.200. The first-order valence-corrected chi connectivity index (χ1v) is 9.20. The fourth-order valence-electron chi connectivity index (χ4n) is 3.41. The number of anilines is 1. The van der Waals surface area contributed by atoms with Crippen LogP contribution in [0.2, 0.25) is 5.02 Å². The van der Waals surface area contributed by atoms with Crippen molar-refractivity contribution in [1.82, 2.24) is 24.3 Å². The van der Waals surface area contributed by atoms with Gasteiger partial charge in [0.05, 0.1) is 27.8 Å². The topological polar surface area (TPSA) is 91.6 Å². The van der Waals surface area contributed by atoms with Crippen molar-refractivity contribution in [2.45, 2.75) is 26.8 Å². The third-order valence-electron chi connectivity index (χ3n) is 4.92. The van der Waals surface area contributed by atoms with E-state index >= 15 is 0 Å². The summed E-state index contributed by atoms with van der Waals surface area (Å²) >= 11 is 6.37. The molecule has 3 heterocycles. The van der Waals surface area contributed by atoms with Crippen molar-refractivity contribution in [1.29, 1.82) is 0 Å². The van der Waals surface area contributed by atoms with Crippen LogP contribution in [0.5, 0.6) is 0 Å². The Kier molecular flexibility index (Phi) is 4.39. The zero-order chi connectivity index (χ0) is 20.0. The number of benzene rings is 1. The molecule has 0 amide bonds. The molecule has 2 N–H and O–H groups in total. The highest BCUT2D eigenvalue weighted by Crippen LogP contribution is 2.29. The van der Waals surface area contributed by atoms with Gasteiger partial charge in [0.25, 0.3) is 5.56 Å². The summed E-state index contributed by atoms with van der Waals surface area (Å²) in [4.78, 5) is 21.5. The number of para-hydroxylation sites is 1. The van der Waals surface area contributed by atoms with Gasteiger partial charge in [-0.25, -0.2) is 14.6 Å². The van der Waals surface area contributed by atoms with Crippen LogP contribution >= 0.6 is 11.6 Å². The highest BCUT2D eigenvalue weighted by atomic mass is 35.5. The molecule has 7 nitrogen and oxygen atoms in total. The summed E-state index contributed by atoms with van der Waals surface area (Å²) in [5.41, 5.74) is 9.15. The van der Waals surface area contributed by atoms with Crippen LogP contribution < -0.4 is 11.3 Å². The first-order valence-electron chi connectivity index (χ1n) is 8.83. The average Bonchev–Trinajstić information content (AvgIpc) is 3.04. The summed E-state index contributed by atoms with van der Waals surface area (Å²) in [6.45, 7) is 5.53. The van der Waals surface area contributed by atoms with E-state index in [2.05, 4.69) is 15.1 Å². The lowest BCUT2D eigenvalue weighted by Crippen LogP contribution is -2.27. The smallest absolute Gasteiger partial charge is 0.259 e. The van der Waals surface area contributed by atoms with E-state index < -0.39 is 0 Å². The van der Waals surface area contributed by atoms with E-state index in [1.54, 1.807) is 16.2 Å². The van der Waals surface area contributed by atoms with Gasteiger partial charge in [-0.2, -0.15) is 5.10 Å². The number of hydrogen-bond donors (Lipinski definition) is 1. The molecule has 0 bridgehead atoms. The van der Waals surface area contributed by atoms with Gasteiger partial charge in [-0.3, -0.25) is 9.36 Å². The Labute approximate surface area is 166 Å². The molecule has 0 saturated carbocycles. The van der Waals surface area contributed by atoms with Gasteiger partial charge in [-0.15, -0.1) is 0 Å². The number of hydrogen-bond acceptors (Lipinski definition) is 5. The van der Waals surface area contributed by atoms with Gasteiger partial charge >= 0.3 is 0 Å². The lowest BCUT2D eigenvalue weighted by Gasteiger charge is -2.21. The Morgan fingerprint density at radius 2 is 1.86 bits per heavy atom. The van der Waals surface area contributed by atoms with Crippen molar-refractivity contribution >= 4 is 28.5 Å². The second-order valence-electron chi connectivity index (χ2n) is 6.68. The van der Waals surface area contributed by atoms with Gasteiger partial charge < -0.3 is 5.73 Å². The molecule has 0 radical (unpaired) electrons. The van der Waals surface area contributed by atoms with Gasteiger partial charge in [-0.1, -0.05) is 29.8 Å². The lowest BCUT2D eigenvalue weighted by molar-refractivity contribution is 0.546. The third-order valence-corrected chi connectivity index (χ3v) is 5.31. The van der Waals surface area contributed by atoms with Crippen LogP contribution in [0, 0.1) is 13.8 Å².